The van der Waals surface area contributed by atoms with E-state index < -0.39 is 0 Å². The predicted molar refractivity (Wildman–Crippen MR) is 100 cm³/mol. The van der Waals surface area contributed by atoms with Gasteiger partial charge in [-0.15, -0.1) is 12.4 Å². The first-order chi connectivity index (χ1) is 11.2. The van der Waals surface area contributed by atoms with Crippen molar-refractivity contribution in [1.29, 1.82) is 0 Å². The van der Waals surface area contributed by atoms with Crippen LogP contribution >= 0.6 is 12.4 Å². The van der Waals surface area contributed by atoms with Crippen molar-refractivity contribution in [3.63, 3.8) is 0 Å². The van der Waals surface area contributed by atoms with Crippen molar-refractivity contribution >= 4 is 12.4 Å². The van der Waals surface area contributed by atoms with Crippen molar-refractivity contribution in [3.05, 3.63) is 29.8 Å². The van der Waals surface area contributed by atoms with Gasteiger partial charge in [-0.05, 0) is 38.7 Å². The van der Waals surface area contributed by atoms with Gasteiger partial charge < -0.3 is 20.1 Å². The van der Waals surface area contributed by atoms with Crippen LogP contribution in [0.2, 0.25) is 0 Å². The van der Waals surface area contributed by atoms with E-state index in [1.807, 2.05) is 6.07 Å². The fourth-order valence-corrected chi connectivity index (χ4v) is 3.84. The number of hydrogen-bond donors (Lipinski definition) is 2. The van der Waals surface area contributed by atoms with Crippen molar-refractivity contribution in [3.8, 4) is 5.75 Å². The summed E-state index contributed by atoms with van der Waals surface area (Å²) in [5, 5.41) is 7.42. The first kappa shape index (κ1) is 19.5. The van der Waals surface area contributed by atoms with Crippen molar-refractivity contribution in [2.24, 2.45) is 5.92 Å². The summed E-state index contributed by atoms with van der Waals surface area (Å²) in [7, 11) is 0. The van der Waals surface area contributed by atoms with E-state index in [0.717, 1.165) is 32.1 Å². The fourth-order valence-electron chi connectivity index (χ4n) is 3.84. The highest BCUT2D eigenvalue weighted by molar-refractivity contribution is 5.85. The second-order valence-electron chi connectivity index (χ2n) is 6.99. The second-order valence-corrected chi connectivity index (χ2v) is 6.99. The Bertz CT molecular complexity index is 492. The van der Waals surface area contributed by atoms with Gasteiger partial charge in [0.25, 0.3) is 0 Å². The Hall–Kier alpha value is -0.810. The van der Waals surface area contributed by atoms with Gasteiger partial charge in [0.15, 0.2) is 0 Å². The minimum absolute atomic E-state index is 0. The predicted octanol–water partition coefficient (Wildman–Crippen LogP) is 3.14. The largest absolute Gasteiger partial charge is 0.491 e. The molecule has 0 radical (unpaired) electrons. The van der Waals surface area contributed by atoms with Crippen LogP contribution in [0.3, 0.4) is 0 Å². The molecule has 1 aliphatic carbocycles. The van der Waals surface area contributed by atoms with Gasteiger partial charge in [-0.2, -0.15) is 0 Å². The van der Waals surface area contributed by atoms with Gasteiger partial charge >= 0.3 is 0 Å². The van der Waals surface area contributed by atoms with Crippen LogP contribution in [0.4, 0.5) is 0 Å². The van der Waals surface area contributed by atoms with Crippen LogP contribution in [0.5, 0.6) is 5.75 Å². The van der Waals surface area contributed by atoms with Gasteiger partial charge in [-0.1, -0.05) is 24.6 Å². The first-order valence-electron chi connectivity index (χ1n) is 9.03. The highest BCUT2D eigenvalue weighted by Gasteiger charge is 2.34. The molecule has 1 aliphatic heterocycles. The van der Waals surface area contributed by atoms with Crippen LogP contribution in [-0.4, -0.2) is 37.9 Å². The molecule has 2 fully saturated rings. The van der Waals surface area contributed by atoms with Crippen molar-refractivity contribution in [1.82, 2.24) is 10.6 Å². The molecule has 1 saturated heterocycles. The third-order valence-corrected chi connectivity index (χ3v) is 4.93. The Balaban J connectivity index is 0.00000208. The van der Waals surface area contributed by atoms with E-state index in [9.17, 15) is 0 Å². The van der Waals surface area contributed by atoms with E-state index >= 15 is 0 Å². The number of ether oxygens (including phenoxy) is 2. The van der Waals surface area contributed by atoms with Crippen LogP contribution in [0.1, 0.15) is 38.7 Å². The monoisotopic (exact) mass is 354 g/mol. The van der Waals surface area contributed by atoms with Gasteiger partial charge in [-0.25, -0.2) is 0 Å². The van der Waals surface area contributed by atoms with Gasteiger partial charge in [-0.3, -0.25) is 0 Å². The zero-order valence-electron chi connectivity index (χ0n) is 14.8. The lowest BCUT2D eigenvalue weighted by Crippen LogP contribution is -2.50. The molecule has 4 nitrogen and oxygen atoms in total. The molecule has 3 rings (SSSR count). The lowest BCUT2D eigenvalue weighted by molar-refractivity contribution is 0.0524. The molecule has 3 unspecified atom stereocenters. The molecule has 1 aromatic rings. The molecule has 1 saturated carbocycles. The second kappa shape index (κ2) is 9.62. The van der Waals surface area contributed by atoms with Crippen molar-refractivity contribution in [2.75, 3.05) is 19.8 Å². The zero-order chi connectivity index (χ0) is 16.1. The number of halogens is 1. The van der Waals surface area contributed by atoms with Crippen LogP contribution in [0.25, 0.3) is 0 Å². The van der Waals surface area contributed by atoms with E-state index in [4.69, 9.17) is 9.47 Å². The maximum atomic E-state index is 5.93. The highest BCUT2D eigenvalue weighted by atomic mass is 35.5. The van der Waals surface area contributed by atoms with Crippen molar-refractivity contribution < 1.29 is 9.47 Å². The molecular formula is C19H31ClN2O2. The maximum Gasteiger partial charge on any atom is 0.124 e. The summed E-state index contributed by atoms with van der Waals surface area (Å²) >= 11 is 0. The molecule has 2 N–H and O–H groups in total. The highest BCUT2D eigenvalue weighted by Crippen LogP contribution is 2.30. The van der Waals surface area contributed by atoms with E-state index in [1.54, 1.807) is 0 Å². The number of benzene rings is 1. The van der Waals surface area contributed by atoms with Crippen LogP contribution < -0.4 is 15.4 Å². The number of nitrogens with one attached hydrogen (secondary N) is 2. The van der Waals surface area contributed by atoms with Gasteiger partial charge in [0, 0.05) is 30.7 Å². The third kappa shape index (κ3) is 5.09. The minimum Gasteiger partial charge on any atom is -0.491 e. The summed E-state index contributed by atoms with van der Waals surface area (Å²) in [6, 6.07) is 9.44. The molecule has 1 heterocycles. The molecule has 5 heteroatoms. The van der Waals surface area contributed by atoms with Crippen molar-refractivity contribution in [2.45, 2.75) is 57.8 Å². The van der Waals surface area contributed by atoms with E-state index in [1.165, 1.54) is 24.8 Å². The zero-order valence-corrected chi connectivity index (χ0v) is 15.6. The third-order valence-electron chi connectivity index (χ3n) is 4.93. The summed E-state index contributed by atoms with van der Waals surface area (Å²) in [6.45, 7) is 7.71. The molecule has 0 spiro atoms. The van der Waals surface area contributed by atoms with Crippen LogP contribution in [0, 0.1) is 5.92 Å². The maximum absolute atomic E-state index is 5.93. The number of morpholine rings is 1. The quantitative estimate of drug-likeness (QED) is 0.823. The molecule has 3 atom stereocenters. The summed E-state index contributed by atoms with van der Waals surface area (Å²) in [6.07, 6.45) is 4.07. The minimum atomic E-state index is 0. The van der Waals surface area contributed by atoms with Crippen LogP contribution in [-0.2, 0) is 11.3 Å². The average molecular weight is 355 g/mol. The molecule has 0 bridgehead atoms. The Morgan fingerprint density at radius 2 is 2.12 bits per heavy atom. The topological polar surface area (TPSA) is 42.5 Å². The molecule has 1 aromatic carbocycles. The Labute approximate surface area is 152 Å². The summed E-state index contributed by atoms with van der Waals surface area (Å²) in [5.74, 6) is 1.68. The molecule has 136 valence electrons. The number of hydrogen-bond acceptors (Lipinski definition) is 4. The summed E-state index contributed by atoms with van der Waals surface area (Å²) in [4.78, 5) is 0. The molecule has 24 heavy (non-hydrogen) atoms. The smallest absolute Gasteiger partial charge is 0.124 e. The molecule has 0 amide bonds. The number of para-hydroxylation sites is 1. The first-order valence-corrected chi connectivity index (χ1v) is 9.03. The normalized spacial score (nSPS) is 27.0. The molecule has 0 aromatic heterocycles. The van der Waals surface area contributed by atoms with E-state index in [0.29, 0.717) is 18.0 Å². The molecule has 2 aliphatic rings. The fraction of sp³-hybridized carbons (Fsp3) is 0.684. The van der Waals surface area contributed by atoms with Gasteiger partial charge in [0.05, 0.1) is 19.3 Å². The summed E-state index contributed by atoms with van der Waals surface area (Å²) < 4.78 is 11.6. The average Bonchev–Trinajstić information content (AvgIpc) is 3.03. The molecular weight excluding hydrogens is 324 g/mol. The van der Waals surface area contributed by atoms with E-state index in [-0.39, 0.29) is 18.5 Å². The number of rotatable bonds is 6. The summed E-state index contributed by atoms with van der Waals surface area (Å²) in [5.41, 5.74) is 1.25. The lowest BCUT2D eigenvalue weighted by atomic mass is 9.94. The van der Waals surface area contributed by atoms with E-state index in [2.05, 4.69) is 42.7 Å². The Morgan fingerprint density at radius 3 is 2.88 bits per heavy atom. The Morgan fingerprint density at radius 1 is 1.29 bits per heavy atom. The Kier molecular flexibility index (Phi) is 7.82. The lowest BCUT2D eigenvalue weighted by Gasteiger charge is -2.33. The van der Waals surface area contributed by atoms with Gasteiger partial charge in [0.1, 0.15) is 5.75 Å². The van der Waals surface area contributed by atoms with Crippen LogP contribution in [0.15, 0.2) is 24.3 Å². The SMILES string of the molecule is CC(C)Oc1ccccc1CNC1CCCC1C1COCCN1.Cl. The standard InChI is InChI=1S/C19H30N2O2.ClH/c1-14(2)23-19-9-4-3-6-15(19)12-21-17-8-5-7-16(17)18-13-22-11-10-20-18;/h3-4,6,9,14,16-18,20-21H,5,7-8,10-13H2,1-2H3;1H. The van der Waals surface area contributed by atoms with Gasteiger partial charge in [0.2, 0.25) is 0 Å².